The van der Waals surface area contributed by atoms with Gasteiger partial charge in [-0.25, -0.2) is 17.5 Å². The Morgan fingerprint density at radius 1 is 1.50 bits per heavy atom. The molecule has 2 N–H and O–H groups in total. The summed E-state index contributed by atoms with van der Waals surface area (Å²) in [4.78, 5) is 0.0573. The van der Waals surface area contributed by atoms with E-state index in [1.807, 2.05) is 0 Å². The molecule has 1 aliphatic rings. The van der Waals surface area contributed by atoms with Gasteiger partial charge in [-0.15, -0.1) is 0 Å². The first kappa shape index (κ1) is 13.9. The van der Waals surface area contributed by atoms with Crippen LogP contribution in [0.3, 0.4) is 0 Å². The van der Waals surface area contributed by atoms with Gasteiger partial charge in [0.15, 0.2) is 0 Å². The zero-order chi connectivity index (χ0) is 13.2. The van der Waals surface area contributed by atoms with Crippen LogP contribution in [0.2, 0.25) is 0 Å². The Morgan fingerprint density at radius 3 is 2.89 bits per heavy atom. The highest BCUT2D eigenvalue weighted by Crippen LogP contribution is 2.22. The largest absolute Gasteiger partial charge is 0.313 e. The predicted octanol–water partition coefficient (Wildman–Crippen LogP) is 1.62. The highest BCUT2D eigenvalue weighted by molar-refractivity contribution is 9.10. The summed E-state index contributed by atoms with van der Waals surface area (Å²) in [5.74, 6) is -0.474. The molecule has 2 rings (SSSR count). The third-order valence-corrected chi connectivity index (χ3v) is 5.27. The van der Waals surface area contributed by atoms with Gasteiger partial charge in [-0.2, -0.15) is 0 Å². The minimum absolute atomic E-state index is 0.0573. The fraction of sp³-hybridized carbons (Fsp3) is 0.455. The molecule has 0 aliphatic carbocycles. The molecule has 1 atom stereocenters. The van der Waals surface area contributed by atoms with Crippen molar-refractivity contribution >= 4 is 26.0 Å². The van der Waals surface area contributed by atoms with Crippen molar-refractivity contribution in [3.05, 3.63) is 28.5 Å². The summed E-state index contributed by atoms with van der Waals surface area (Å²) in [7, 11) is -3.60. The lowest BCUT2D eigenvalue weighted by atomic mass is 10.2. The summed E-state index contributed by atoms with van der Waals surface area (Å²) in [6.45, 7) is 1.28. The SMILES string of the molecule is O=S(=O)(NC[C@@H]1CCCN1)c1ccc(F)cc1Br. The Morgan fingerprint density at radius 2 is 2.28 bits per heavy atom. The molecule has 0 spiro atoms. The maximum atomic E-state index is 12.9. The molecule has 1 aliphatic heterocycles. The van der Waals surface area contributed by atoms with Crippen LogP contribution in [0.5, 0.6) is 0 Å². The molecule has 0 radical (unpaired) electrons. The molecule has 0 bridgehead atoms. The van der Waals surface area contributed by atoms with Gasteiger partial charge in [-0.3, -0.25) is 0 Å². The van der Waals surface area contributed by atoms with Crippen LogP contribution < -0.4 is 10.0 Å². The molecule has 18 heavy (non-hydrogen) atoms. The topological polar surface area (TPSA) is 58.2 Å². The lowest BCUT2D eigenvalue weighted by molar-refractivity contribution is 0.551. The van der Waals surface area contributed by atoms with E-state index in [0.29, 0.717) is 6.54 Å². The normalized spacial score (nSPS) is 20.2. The smallest absolute Gasteiger partial charge is 0.241 e. The third kappa shape index (κ3) is 3.28. The van der Waals surface area contributed by atoms with Gasteiger partial charge in [0.05, 0.1) is 4.90 Å². The molecule has 1 heterocycles. The molecule has 100 valence electrons. The third-order valence-electron chi connectivity index (χ3n) is 2.87. The summed E-state index contributed by atoms with van der Waals surface area (Å²) in [5, 5.41) is 3.21. The maximum Gasteiger partial charge on any atom is 0.241 e. The second-order valence-corrected chi connectivity index (χ2v) is 6.81. The number of nitrogens with one attached hydrogen (secondary N) is 2. The first-order chi connectivity index (χ1) is 8.49. The highest BCUT2D eigenvalue weighted by atomic mass is 79.9. The molecule has 1 saturated heterocycles. The van der Waals surface area contributed by atoms with Crippen LogP contribution in [0, 0.1) is 5.82 Å². The molecule has 1 aromatic rings. The van der Waals surface area contributed by atoms with E-state index in [2.05, 4.69) is 26.0 Å². The van der Waals surface area contributed by atoms with Crippen molar-refractivity contribution in [2.45, 2.75) is 23.8 Å². The van der Waals surface area contributed by atoms with Crippen molar-refractivity contribution < 1.29 is 12.8 Å². The molecule has 0 aromatic heterocycles. The van der Waals surface area contributed by atoms with Crippen molar-refractivity contribution in [2.24, 2.45) is 0 Å². The van der Waals surface area contributed by atoms with Crippen LogP contribution in [0.1, 0.15) is 12.8 Å². The average molecular weight is 337 g/mol. The molecule has 1 aromatic carbocycles. The second-order valence-electron chi connectivity index (χ2n) is 4.22. The van der Waals surface area contributed by atoms with Crippen LogP contribution in [0.4, 0.5) is 4.39 Å². The van der Waals surface area contributed by atoms with Crippen molar-refractivity contribution in [3.8, 4) is 0 Å². The molecule has 4 nitrogen and oxygen atoms in total. The van der Waals surface area contributed by atoms with Crippen LogP contribution >= 0.6 is 15.9 Å². The molecule has 0 amide bonds. The van der Waals surface area contributed by atoms with Crippen molar-refractivity contribution in [1.82, 2.24) is 10.0 Å². The van der Waals surface area contributed by atoms with Crippen LogP contribution in [-0.4, -0.2) is 27.5 Å². The van der Waals surface area contributed by atoms with E-state index in [-0.39, 0.29) is 15.4 Å². The Hall–Kier alpha value is -0.500. The fourth-order valence-electron chi connectivity index (χ4n) is 1.91. The summed E-state index contributed by atoms with van der Waals surface area (Å²) < 4.78 is 39.7. The van der Waals surface area contributed by atoms with Crippen molar-refractivity contribution in [1.29, 1.82) is 0 Å². The first-order valence-electron chi connectivity index (χ1n) is 5.67. The number of halogens is 2. The Bertz CT molecular complexity index is 530. The zero-order valence-corrected chi connectivity index (χ0v) is 12.0. The lowest BCUT2D eigenvalue weighted by Gasteiger charge is -2.12. The number of hydrogen-bond acceptors (Lipinski definition) is 3. The quantitative estimate of drug-likeness (QED) is 0.878. The number of sulfonamides is 1. The van der Waals surface area contributed by atoms with Gasteiger partial charge < -0.3 is 5.32 Å². The minimum Gasteiger partial charge on any atom is -0.313 e. The van der Waals surface area contributed by atoms with Crippen LogP contribution in [-0.2, 0) is 10.0 Å². The van der Waals surface area contributed by atoms with E-state index in [4.69, 9.17) is 0 Å². The van der Waals surface area contributed by atoms with E-state index in [0.717, 1.165) is 31.5 Å². The number of rotatable bonds is 4. The molecule has 1 fully saturated rings. The fourth-order valence-corrected chi connectivity index (χ4v) is 4.04. The zero-order valence-electron chi connectivity index (χ0n) is 9.62. The van der Waals surface area contributed by atoms with E-state index in [1.54, 1.807) is 0 Å². The Kier molecular flexibility index (Phi) is 4.37. The maximum absolute atomic E-state index is 12.9. The molecule has 0 saturated carbocycles. The van der Waals surface area contributed by atoms with Crippen LogP contribution in [0.15, 0.2) is 27.6 Å². The molecular weight excluding hydrogens is 323 g/mol. The molecule has 7 heteroatoms. The predicted molar refractivity (Wildman–Crippen MR) is 70.3 cm³/mol. The monoisotopic (exact) mass is 336 g/mol. The first-order valence-corrected chi connectivity index (χ1v) is 7.95. The van der Waals surface area contributed by atoms with Gasteiger partial charge >= 0.3 is 0 Å². The van der Waals surface area contributed by atoms with E-state index in [1.165, 1.54) is 6.07 Å². The van der Waals surface area contributed by atoms with Gasteiger partial charge in [-0.1, -0.05) is 0 Å². The van der Waals surface area contributed by atoms with Crippen LogP contribution in [0.25, 0.3) is 0 Å². The van der Waals surface area contributed by atoms with Crippen molar-refractivity contribution in [2.75, 3.05) is 13.1 Å². The number of hydrogen-bond donors (Lipinski definition) is 2. The summed E-state index contributed by atoms with van der Waals surface area (Å²) in [6, 6.07) is 3.71. The summed E-state index contributed by atoms with van der Waals surface area (Å²) in [5.41, 5.74) is 0. The van der Waals surface area contributed by atoms with Gasteiger partial charge in [-0.05, 0) is 53.5 Å². The van der Waals surface area contributed by atoms with Gasteiger partial charge in [0.1, 0.15) is 5.82 Å². The highest BCUT2D eigenvalue weighted by Gasteiger charge is 2.21. The van der Waals surface area contributed by atoms with E-state index < -0.39 is 15.8 Å². The lowest BCUT2D eigenvalue weighted by Crippen LogP contribution is -2.37. The molecular formula is C11H14BrFN2O2S. The van der Waals surface area contributed by atoms with Gasteiger partial charge in [0, 0.05) is 17.1 Å². The average Bonchev–Trinajstić information content (AvgIpc) is 2.78. The standard InChI is InChI=1S/C11H14BrFN2O2S/c12-10-6-8(13)3-4-11(10)18(16,17)15-7-9-2-1-5-14-9/h3-4,6,9,14-15H,1-2,5,7H2/t9-/m0/s1. The Balaban J connectivity index is 2.09. The summed E-state index contributed by atoms with van der Waals surface area (Å²) in [6.07, 6.45) is 2.03. The number of benzene rings is 1. The minimum atomic E-state index is -3.60. The van der Waals surface area contributed by atoms with E-state index in [9.17, 15) is 12.8 Å². The summed E-state index contributed by atoms with van der Waals surface area (Å²) >= 11 is 3.06. The van der Waals surface area contributed by atoms with Gasteiger partial charge in [0.25, 0.3) is 0 Å². The van der Waals surface area contributed by atoms with Crippen molar-refractivity contribution in [3.63, 3.8) is 0 Å². The van der Waals surface area contributed by atoms with Gasteiger partial charge in [0.2, 0.25) is 10.0 Å². The second kappa shape index (κ2) is 5.64. The van der Waals surface area contributed by atoms with E-state index >= 15 is 0 Å². The Labute approximate surface area is 114 Å². The molecule has 0 unspecified atom stereocenters.